The van der Waals surface area contributed by atoms with Gasteiger partial charge in [0.25, 0.3) is 5.56 Å². The van der Waals surface area contributed by atoms with Crippen LogP contribution in [0.5, 0.6) is 0 Å². The van der Waals surface area contributed by atoms with Crippen LogP contribution in [0.2, 0.25) is 0 Å². The van der Waals surface area contributed by atoms with E-state index in [9.17, 15) is 9.90 Å². The van der Waals surface area contributed by atoms with Crippen molar-refractivity contribution < 1.29 is 9.84 Å². The highest BCUT2D eigenvalue weighted by molar-refractivity contribution is 5.83. The third-order valence-electron chi connectivity index (χ3n) is 2.91. The average molecular weight is 262 g/mol. The summed E-state index contributed by atoms with van der Waals surface area (Å²) in [6.45, 7) is 0.884. The Labute approximate surface area is 111 Å². The maximum Gasteiger partial charge on any atom is 0.257 e. The SMILES string of the molecule is COCC(O)CCNc1cc2ccccc2c(=O)[nH]1. The van der Waals surface area contributed by atoms with Crippen LogP contribution in [0, 0.1) is 0 Å². The Kier molecular flexibility index (Phi) is 4.54. The van der Waals surface area contributed by atoms with Gasteiger partial charge in [-0.1, -0.05) is 18.2 Å². The highest BCUT2D eigenvalue weighted by Crippen LogP contribution is 2.12. The summed E-state index contributed by atoms with van der Waals surface area (Å²) in [6, 6.07) is 9.31. The summed E-state index contributed by atoms with van der Waals surface area (Å²) < 4.78 is 4.85. The van der Waals surface area contributed by atoms with Gasteiger partial charge in [-0.05, 0) is 23.9 Å². The molecule has 3 N–H and O–H groups in total. The summed E-state index contributed by atoms with van der Waals surface area (Å²) in [5.41, 5.74) is -0.113. The summed E-state index contributed by atoms with van der Waals surface area (Å²) in [4.78, 5) is 14.6. The summed E-state index contributed by atoms with van der Waals surface area (Å²) in [6.07, 6.45) is 0.0626. The first-order valence-corrected chi connectivity index (χ1v) is 6.23. The molecule has 102 valence electrons. The van der Waals surface area contributed by atoms with Gasteiger partial charge in [0.15, 0.2) is 0 Å². The maximum absolute atomic E-state index is 11.8. The summed E-state index contributed by atoms with van der Waals surface area (Å²) in [5, 5.41) is 14.2. The molecule has 0 amide bonds. The lowest BCUT2D eigenvalue weighted by Gasteiger charge is -2.11. The topological polar surface area (TPSA) is 74.3 Å². The second kappa shape index (κ2) is 6.36. The van der Waals surface area contributed by atoms with Crippen LogP contribution in [-0.4, -0.2) is 36.5 Å². The predicted octanol–water partition coefficient (Wildman–Crippen LogP) is 1.34. The second-order valence-corrected chi connectivity index (χ2v) is 4.42. The van der Waals surface area contributed by atoms with E-state index < -0.39 is 6.10 Å². The van der Waals surface area contributed by atoms with Crippen LogP contribution in [0.25, 0.3) is 10.8 Å². The lowest BCUT2D eigenvalue weighted by molar-refractivity contribution is 0.0615. The molecule has 0 saturated heterocycles. The van der Waals surface area contributed by atoms with Crippen molar-refractivity contribution >= 4 is 16.6 Å². The lowest BCUT2D eigenvalue weighted by Crippen LogP contribution is -2.19. The number of fused-ring (bicyclic) bond motifs is 1. The van der Waals surface area contributed by atoms with E-state index in [2.05, 4.69) is 10.3 Å². The Morgan fingerprint density at radius 1 is 1.42 bits per heavy atom. The largest absolute Gasteiger partial charge is 0.391 e. The molecule has 1 atom stereocenters. The van der Waals surface area contributed by atoms with Crippen LogP contribution in [0.15, 0.2) is 35.1 Å². The van der Waals surface area contributed by atoms with Crippen LogP contribution in [0.3, 0.4) is 0 Å². The molecular formula is C14H18N2O3. The van der Waals surface area contributed by atoms with Gasteiger partial charge in [0.1, 0.15) is 5.82 Å². The van der Waals surface area contributed by atoms with Crippen molar-refractivity contribution in [3.63, 3.8) is 0 Å². The van der Waals surface area contributed by atoms with Gasteiger partial charge >= 0.3 is 0 Å². The first-order chi connectivity index (χ1) is 9.20. The summed E-state index contributed by atoms with van der Waals surface area (Å²) >= 11 is 0. The molecule has 19 heavy (non-hydrogen) atoms. The van der Waals surface area contributed by atoms with Crippen molar-refractivity contribution in [2.75, 3.05) is 25.6 Å². The van der Waals surface area contributed by atoms with Gasteiger partial charge in [-0.25, -0.2) is 0 Å². The number of aromatic amines is 1. The number of aromatic nitrogens is 1. The number of benzene rings is 1. The van der Waals surface area contributed by atoms with Gasteiger partial charge in [-0.3, -0.25) is 4.79 Å². The molecule has 2 aromatic rings. The van der Waals surface area contributed by atoms with E-state index in [1.54, 1.807) is 13.2 Å². The van der Waals surface area contributed by atoms with E-state index in [-0.39, 0.29) is 5.56 Å². The normalized spacial score (nSPS) is 12.5. The van der Waals surface area contributed by atoms with Gasteiger partial charge in [0, 0.05) is 19.0 Å². The number of aliphatic hydroxyl groups excluding tert-OH is 1. The fourth-order valence-corrected chi connectivity index (χ4v) is 1.96. The van der Waals surface area contributed by atoms with E-state index in [1.165, 1.54) is 0 Å². The van der Waals surface area contributed by atoms with Crippen molar-refractivity contribution in [2.24, 2.45) is 0 Å². The van der Waals surface area contributed by atoms with Crippen molar-refractivity contribution in [3.8, 4) is 0 Å². The van der Waals surface area contributed by atoms with Gasteiger partial charge in [0.05, 0.1) is 12.7 Å². The van der Waals surface area contributed by atoms with Crippen LogP contribution in [0.4, 0.5) is 5.82 Å². The summed E-state index contributed by atoms with van der Waals surface area (Å²) in [5.74, 6) is 0.660. The molecule has 5 heteroatoms. The fraction of sp³-hybridized carbons (Fsp3) is 0.357. The molecule has 1 heterocycles. The van der Waals surface area contributed by atoms with Gasteiger partial charge < -0.3 is 20.1 Å². The average Bonchev–Trinajstić information content (AvgIpc) is 2.39. The zero-order chi connectivity index (χ0) is 13.7. The van der Waals surface area contributed by atoms with Crippen molar-refractivity contribution in [1.29, 1.82) is 0 Å². The van der Waals surface area contributed by atoms with Crippen LogP contribution in [0.1, 0.15) is 6.42 Å². The number of H-pyrrole nitrogens is 1. The Balaban J connectivity index is 2.03. The molecular weight excluding hydrogens is 244 g/mol. The number of aliphatic hydroxyl groups is 1. The monoisotopic (exact) mass is 262 g/mol. The van der Waals surface area contributed by atoms with E-state index in [0.717, 1.165) is 5.39 Å². The van der Waals surface area contributed by atoms with E-state index >= 15 is 0 Å². The molecule has 1 aromatic carbocycles. The Bertz CT molecular complexity index is 595. The highest BCUT2D eigenvalue weighted by Gasteiger charge is 2.04. The zero-order valence-electron chi connectivity index (χ0n) is 10.8. The Morgan fingerprint density at radius 3 is 3.00 bits per heavy atom. The minimum absolute atomic E-state index is 0.113. The van der Waals surface area contributed by atoms with Crippen LogP contribution in [-0.2, 0) is 4.74 Å². The number of nitrogens with one attached hydrogen (secondary N) is 2. The smallest absolute Gasteiger partial charge is 0.257 e. The fourth-order valence-electron chi connectivity index (χ4n) is 1.96. The molecule has 1 aromatic heterocycles. The number of methoxy groups -OCH3 is 1. The molecule has 5 nitrogen and oxygen atoms in total. The van der Waals surface area contributed by atoms with Crippen molar-refractivity contribution in [2.45, 2.75) is 12.5 Å². The molecule has 0 aliphatic heterocycles. The minimum Gasteiger partial charge on any atom is -0.391 e. The quantitative estimate of drug-likeness (QED) is 0.734. The van der Waals surface area contributed by atoms with Gasteiger partial charge in [-0.2, -0.15) is 0 Å². The number of pyridine rings is 1. The molecule has 0 saturated carbocycles. The number of ether oxygens (including phenoxy) is 1. The van der Waals surface area contributed by atoms with Crippen molar-refractivity contribution in [3.05, 3.63) is 40.7 Å². The Morgan fingerprint density at radius 2 is 2.21 bits per heavy atom. The standard InChI is InChI=1S/C14H18N2O3/c1-19-9-11(17)6-7-15-13-8-10-4-2-3-5-12(10)14(18)16-13/h2-5,8,11,17H,6-7,9H2,1H3,(H2,15,16,18). The third kappa shape index (κ3) is 3.56. The summed E-state index contributed by atoms with van der Waals surface area (Å²) in [7, 11) is 1.55. The second-order valence-electron chi connectivity index (χ2n) is 4.42. The third-order valence-corrected chi connectivity index (χ3v) is 2.91. The molecule has 0 aliphatic rings. The molecule has 1 unspecified atom stereocenters. The molecule has 0 bridgehead atoms. The first kappa shape index (κ1) is 13.6. The molecule has 2 rings (SSSR count). The Hall–Kier alpha value is -1.85. The van der Waals surface area contributed by atoms with Crippen molar-refractivity contribution in [1.82, 2.24) is 4.98 Å². The molecule has 0 spiro atoms. The molecule has 0 radical (unpaired) electrons. The van der Waals surface area contributed by atoms with E-state index in [0.29, 0.717) is 30.8 Å². The van der Waals surface area contributed by atoms with Gasteiger partial charge in [-0.15, -0.1) is 0 Å². The zero-order valence-corrected chi connectivity index (χ0v) is 10.8. The molecule has 0 aliphatic carbocycles. The highest BCUT2D eigenvalue weighted by atomic mass is 16.5. The van der Waals surface area contributed by atoms with Crippen LogP contribution < -0.4 is 10.9 Å². The number of rotatable bonds is 6. The molecule has 0 fully saturated rings. The number of hydrogen-bond donors (Lipinski definition) is 3. The minimum atomic E-state index is -0.496. The number of anilines is 1. The van der Waals surface area contributed by atoms with E-state index in [1.807, 2.05) is 24.3 Å². The van der Waals surface area contributed by atoms with Crippen LogP contribution >= 0.6 is 0 Å². The number of hydrogen-bond acceptors (Lipinski definition) is 4. The van der Waals surface area contributed by atoms with Gasteiger partial charge in [0.2, 0.25) is 0 Å². The lowest BCUT2D eigenvalue weighted by atomic mass is 10.2. The predicted molar refractivity (Wildman–Crippen MR) is 75.6 cm³/mol. The first-order valence-electron chi connectivity index (χ1n) is 6.23. The van der Waals surface area contributed by atoms with E-state index in [4.69, 9.17) is 4.74 Å². The maximum atomic E-state index is 11.8.